The molecule has 3 N–H and O–H groups in total. The molecule has 122 valence electrons. The van der Waals surface area contributed by atoms with E-state index in [1.54, 1.807) is 0 Å². The fourth-order valence-corrected chi connectivity index (χ4v) is 3.35. The number of nitrogens with zero attached hydrogens (tertiary/aromatic N) is 1. The Balaban J connectivity index is 1.91. The third-order valence-electron chi connectivity index (χ3n) is 4.48. The number of nitrogens with two attached hydrogens (primary N) is 1. The molecule has 2 aliphatic rings. The van der Waals surface area contributed by atoms with Gasteiger partial charge in [0.2, 0.25) is 5.91 Å². The molecule has 21 heavy (non-hydrogen) atoms. The van der Waals surface area contributed by atoms with Crippen molar-refractivity contribution >= 4 is 5.91 Å². The van der Waals surface area contributed by atoms with Crippen molar-refractivity contribution in [2.75, 3.05) is 19.6 Å². The monoisotopic (exact) mass is 297 g/mol. The van der Waals surface area contributed by atoms with Crippen LogP contribution in [0.1, 0.15) is 40.5 Å². The summed E-state index contributed by atoms with van der Waals surface area (Å²) >= 11 is 0. The summed E-state index contributed by atoms with van der Waals surface area (Å²) in [5.74, 6) is 1.01. The van der Waals surface area contributed by atoms with E-state index in [9.17, 15) is 4.79 Å². The van der Waals surface area contributed by atoms with E-state index in [0.717, 1.165) is 13.1 Å². The summed E-state index contributed by atoms with van der Waals surface area (Å²) in [6.07, 6.45) is 2.78. The number of carbonyl (C=O) groups is 1. The summed E-state index contributed by atoms with van der Waals surface area (Å²) in [5, 5.41) is 3.07. The average molecular weight is 297 g/mol. The summed E-state index contributed by atoms with van der Waals surface area (Å²) in [4.78, 5) is 14.9. The zero-order chi connectivity index (χ0) is 15.6. The van der Waals surface area contributed by atoms with Gasteiger partial charge in [0.25, 0.3) is 0 Å². The van der Waals surface area contributed by atoms with Crippen LogP contribution in [0.3, 0.4) is 0 Å². The Morgan fingerprint density at radius 1 is 1.29 bits per heavy atom. The molecule has 5 nitrogen and oxygen atoms in total. The molecule has 0 aromatic rings. The number of morpholine rings is 1. The van der Waals surface area contributed by atoms with Gasteiger partial charge in [-0.2, -0.15) is 0 Å². The minimum Gasteiger partial charge on any atom is -0.373 e. The van der Waals surface area contributed by atoms with Crippen LogP contribution in [-0.2, 0) is 9.53 Å². The van der Waals surface area contributed by atoms with Crippen molar-refractivity contribution in [1.82, 2.24) is 10.2 Å². The normalized spacial score (nSPS) is 30.2. The van der Waals surface area contributed by atoms with E-state index in [1.165, 1.54) is 12.8 Å². The number of carbonyl (C=O) groups excluding carboxylic acids is 1. The number of amides is 1. The van der Waals surface area contributed by atoms with E-state index in [0.29, 0.717) is 12.5 Å². The number of nitrogens with one attached hydrogen (secondary N) is 1. The van der Waals surface area contributed by atoms with E-state index < -0.39 is 0 Å². The SMILES string of the molecule is CC1CN(C(C(=O)NCC(N)C2CC2)C(C)C)CC(C)O1. The van der Waals surface area contributed by atoms with Gasteiger partial charge in [-0.3, -0.25) is 9.69 Å². The Labute approximate surface area is 128 Å². The minimum absolute atomic E-state index is 0.0924. The summed E-state index contributed by atoms with van der Waals surface area (Å²) in [6.45, 7) is 10.6. The summed E-state index contributed by atoms with van der Waals surface area (Å²) in [6, 6.07) is 0.0227. The first-order valence-electron chi connectivity index (χ1n) is 8.31. The molecule has 0 radical (unpaired) electrons. The second kappa shape index (κ2) is 7.07. The van der Waals surface area contributed by atoms with Crippen molar-refractivity contribution in [3.05, 3.63) is 0 Å². The molecule has 0 spiro atoms. The van der Waals surface area contributed by atoms with Gasteiger partial charge in [-0.25, -0.2) is 0 Å². The lowest BCUT2D eigenvalue weighted by Gasteiger charge is -2.41. The second-order valence-corrected chi connectivity index (χ2v) is 7.15. The molecule has 4 atom stereocenters. The molecule has 1 saturated carbocycles. The largest absolute Gasteiger partial charge is 0.373 e. The first-order chi connectivity index (χ1) is 9.88. The Kier molecular flexibility index (Phi) is 5.63. The van der Waals surface area contributed by atoms with Gasteiger partial charge in [-0.05, 0) is 38.5 Å². The second-order valence-electron chi connectivity index (χ2n) is 7.15. The van der Waals surface area contributed by atoms with Crippen LogP contribution in [0, 0.1) is 11.8 Å². The van der Waals surface area contributed by atoms with E-state index in [1.807, 2.05) is 0 Å². The van der Waals surface area contributed by atoms with Crippen molar-refractivity contribution in [2.45, 2.75) is 64.8 Å². The third kappa shape index (κ3) is 4.66. The summed E-state index contributed by atoms with van der Waals surface area (Å²) in [5.41, 5.74) is 6.08. The zero-order valence-corrected chi connectivity index (χ0v) is 13.8. The lowest BCUT2D eigenvalue weighted by Crippen LogP contribution is -2.57. The van der Waals surface area contributed by atoms with Crippen LogP contribution in [0.5, 0.6) is 0 Å². The van der Waals surface area contributed by atoms with Gasteiger partial charge in [0.15, 0.2) is 0 Å². The van der Waals surface area contributed by atoms with Crippen molar-refractivity contribution in [3.8, 4) is 0 Å². The predicted molar refractivity (Wildman–Crippen MR) is 83.9 cm³/mol. The van der Waals surface area contributed by atoms with Gasteiger partial charge >= 0.3 is 0 Å². The van der Waals surface area contributed by atoms with Crippen LogP contribution in [0.15, 0.2) is 0 Å². The third-order valence-corrected chi connectivity index (χ3v) is 4.48. The lowest BCUT2D eigenvalue weighted by atomic mass is 9.99. The van der Waals surface area contributed by atoms with Crippen LogP contribution in [0.25, 0.3) is 0 Å². The maximum atomic E-state index is 12.6. The van der Waals surface area contributed by atoms with Gasteiger partial charge in [0.05, 0.1) is 18.2 Å². The first kappa shape index (κ1) is 16.7. The smallest absolute Gasteiger partial charge is 0.237 e. The molecular formula is C16H31N3O2. The van der Waals surface area contributed by atoms with E-state index in [4.69, 9.17) is 10.5 Å². The molecule has 4 unspecified atom stereocenters. The molecule has 1 aliphatic carbocycles. The van der Waals surface area contributed by atoms with Gasteiger partial charge in [0.1, 0.15) is 0 Å². The molecule has 0 aromatic heterocycles. The maximum Gasteiger partial charge on any atom is 0.237 e. The molecular weight excluding hydrogens is 266 g/mol. The van der Waals surface area contributed by atoms with Gasteiger partial charge < -0.3 is 15.8 Å². The summed E-state index contributed by atoms with van der Waals surface area (Å²) < 4.78 is 5.77. The molecule has 0 aromatic carbocycles. The Morgan fingerprint density at radius 3 is 2.33 bits per heavy atom. The standard InChI is InChI=1S/C16H31N3O2/c1-10(2)15(19-8-11(3)21-12(4)9-19)16(20)18-7-14(17)13-5-6-13/h10-15H,5-9,17H2,1-4H3,(H,18,20). The van der Waals surface area contributed by atoms with Gasteiger partial charge in [0, 0.05) is 25.7 Å². The number of hydrogen-bond acceptors (Lipinski definition) is 4. The van der Waals surface area contributed by atoms with Crippen LogP contribution in [0.2, 0.25) is 0 Å². The number of hydrogen-bond donors (Lipinski definition) is 2. The highest BCUT2D eigenvalue weighted by Crippen LogP contribution is 2.31. The Morgan fingerprint density at radius 2 is 1.86 bits per heavy atom. The zero-order valence-electron chi connectivity index (χ0n) is 13.8. The molecule has 0 bridgehead atoms. The van der Waals surface area contributed by atoms with Crippen LogP contribution in [0.4, 0.5) is 0 Å². The Hall–Kier alpha value is -0.650. The van der Waals surface area contributed by atoms with Crippen molar-refractivity contribution < 1.29 is 9.53 Å². The molecule has 1 heterocycles. The van der Waals surface area contributed by atoms with E-state index >= 15 is 0 Å². The van der Waals surface area contributed by atoms with E-state index in [2.05, 4.69) is 37.9 Å². The molecule has 1 amide bonds. The van der Waals surface area contributed by atoms with Gasteiger partial charge in [-0.15, -0.1) is 0 Å². The highest BCUT2D eigenvalue weighted by atomic mass is 16.5. The minimum atomic E-state index is -0.0924. The highest BCUT2D eigenvalue weighted by Gasteiger charge is 2.35. The predicted octanol–water partition coefficient (Wildman–Crippen LogP) is 0.974. The maximum absolute atomic E-state index is 12.6. The van der Waals surface area contributed by atoms with Crippen LogP contribution < -0.4 is 11.1 Å². The fourth-order valence-electron chi connectivity index (χ4n) is 3.35. The lowest BCUT2D eigenvalue weighted by molar-refractivity contribution is -0.135. The molecule has 2 fully saturated rings. The quantitative estimate of drug-likeness (QED) is 0.767. The molecule has 2 rings (SSSR count). The highest BCUT2D eigenvalue weighted by molar-refractivity contribution is 5.82. The van der Waals surface area contributed by atoms with Crippen LogP contribution >= 0.6 is 0 Å². The Bertz CT molecular complexity index is 347. The summed E-state index contributed by atoms with van der Waals surface area (Å²) in [7, 11) is 0. The number of rotatable bonds is 6. The molecule has 1 aliphatic heterocycles. The topological polar surface area (TPSA) is 67.6 Å². The number of ether oxygens (including phenoxy) is 1. The fraction of sp³-hybridized carbons (Fsp3) is 0.938. The molecule has 1 saturated heterocycles. The van der Waals surface area contributed by atoms with E-state index in [-0.39, 0.29) is 36.1 Å². The van der Waals surface area contributed by atoms with Crippen molar-refractivity contribution in [1.29, 1.82) is 0 Å². The van der Waals surface area contributed by atoms with Gasteiger partial charge in [-0.1, -0.05) is 13.8 Å². The average Bonchev–Trinajstić information content (AvgIpc) is 3.18. The van der Waals surface area contributed by atoms with Crippen LogP contribution in [-0.4, -0.2) is 54.7 Å². The molecule has 5 heteroatoms. The first-order valence-corrected chi connectivity index (χ1v) is 8.31. The van der Waals surface area contributed by atoms with Crippen molar-refractivity contribution in [3.63, 3.8) is 0 Å². The van der Waals surface area contributed by atoms with Crippen molar-refractivity contribution in [2.24, 2.45) is 17.6 Å².